The lowest BCUT2D eigenvalue weighted by Gasteiger charge is -2.31. The highest BCUT2D eigenvalue weighted by atomic mass is 16.6. The molecule has 0 amide bonds. The summed E-state index contributed by atoms with van der Waals surface area (Å²) < 4.78 is 0. The third-order valence-corrected chi connectivity index (χ3v) is 5.72. The third-order valence-electron chi connectivity index (χ3n) is 5.72. The summed E-state index contributed by atoms with van der Waals surface area (Å²) in [6.45, 7) is 10.1. The Kier molecular flexibility index (Phi) is 10.4. The Hall–Kier alpha value is -1.47. The standard InChI is InChI=1S/C18H34B3N5O5/c1-19(27)22-17(14-16-4-6-18(7-5-16)26(30)31)15-23-8-10-24(20(2)28)12-13-25(11-9-23)21(3)29/h4-7,17,22,27-29H,8-15H2,1-3H3. The Labute approximate surface area is 185 Å². The first-order valence-electron chi connectivity index (χ1n) is 10.9. The van der Waals surface area contributed by atoms with Crippen LogP contribution in [0.3, 0.4) is 0 Å². The Morgan fingerprint density at radius 2 is 1.45 bits per heavy atom. The van der Waals surface area contributed by atoms with Gasteiger partial charge in [-0.1, -0.05) is 12.1 Å². The second-order valence-electron chi connectivity index (χ2n) is 8.30. The number of nitrogens with one attached hydrogen (secondary N) is 1. The van der Waals surface area contributed by atoms with E-state index in [0.717, 1.165) is 18.7 Å². The Morgan fingerprint density at radius 3 is 1.87 bits per heavy atom. The van der Waals surface area contributed by atoms with Gasteiger partial charge in [-0.2, -0.15) is 0 Å². The molecular formula is C18H34B3N5O5. The molecular weight excluding hydrogens is 399 g/mol. The van der Waals surface area contributed by atoms with Gasteiger partial charge in [0, 0.05) is 64.0 Å². The molecule has 0 saturated carbocycles. The molecule has 1 heterocycles. The first kappa shape index (κ1) is 25.8. The SMILES string of the molecule is CB(O)NC(Cc1ccc([N+](=O)[O-])cc1)CN1CCN(B(C)O)CCN(B(C)O)CC1. The molecule has 0 aliphatic carbocycles. The number of hydrogen-bond acceptors (Lipinski definition) is 9. The van der Waals surface area contributed by atoms with Crippen LogP contribution in [0.1, 0.15) is 5.56 Å². The van der Waals surface area contributed by atoms with Gasteiger partial charge in [0.05, 0.1) is 4.92 Å². The molecule has 170 valence electrons. The Bertz CT molecular complexity index is 663. The molecule has 1 aromatic carbocycles. The van der Waals surface area contributed by atoms with Crippen molar-refractivity contribution in [2.45, 2.75) is 32.9 Å². The van der Waals surface area contributed by atoms with Gasteiger partial charge >= 0.3 is 21.2 Å². The fourth-order valence-corrected chi connectivity index (χ4v) is 3.93. The second-order valence-corrected chi connectivity index (χ2v) is 8.30. The summed E-state index contributed by atoms with van der Waals surface area (Å²) in [4.78, 5) is 16.7. The molecule has 0 bridgehead atoms. The van der Waals surface area contributed by atoms with E-state index in [1.165, 1.54) is 12.1 Å². The van der Waals surface area contributed by atoms with Gasteiger partial charge in [0.2, 0.25) is 0 Å². The van der Waals surface area contributed by atoms with Gasteiger partial charge in [0.15, 0.2) is 0 Å². The zero-order chi connectivity index (χ0) is 23.0. The maximum absolute atomic E-state index is 10.9. The normalized spacial score (nSPS) is 18.0. The number of rotatable bonds is 9. The van der Waals surface area contributed by atoms with Crippen LogP contribution < -0.4 is 5.23 Å². The maximum atomic E-state index is 10.9. The van der Waals surface area contributed by atoms with E-state index in [0.29, 0.717) is 39.1 Å². The van der Waals surface area contributed by atoms with E-state index in [9.17, 15) is 25.2 Å². The molecule has 31 heavy (non-hydrogen) atoms. The summed E-state index contributed by atoms with van der Waals surface area (Å²) in [6, 6.07) is 6.42. The van der Waals surface area contributed by atoms with Crippen LogP contribution in [0.2, 0.25) is 20.5 Å². The number of nitrogens with zero attached hydrogens (tertiary/aromatic N) is 4. The quantitative estimate of drug-likeness (QED) is 0.228. The monoisotopic (exact) mass is 433 g/mol. The first-order valence-corrected chi connectivity index (χ1v) is 10.9. The van der Waals surface area contributed by atoms with Gasteiger partial charge in [0.1, 0.15) is 0 Å². The molecule has 0 aromatic heterocycles. The summed E-state index contributed by atoms with van der Waals surface area (Å²) in [6.07, 6.45) is 0.611. The summed E-state index contributed by atoms with van der Waals surface area (Å²) in [5.74, 6) is 0. The van der Waals surface area contributed by atoms with E-state index in [2.05, 4.69) is 10.1 Å². The van der Waals surface area contributed by atoms with Crippen molar-refractivity contribution >= 4 is 26.8 Å². The lowest BCUT2D eigenvalue weighted by atomic mass is 9.83. The van der Waals surface area contributed by atoms with E-state index in [1.54, 1.807) is 32.6 Å². The number of nitro groups is 1. The molecule has 2 rings (SSSR count). The van der Waals surface area contributed by atoms with Crippen LogP contribution >= 0.6 is 0 Å². The van der Waals surface area contributed by atoms with E-state index < -0.39 is 26.1 Å². The van der Waals surface area contributed by atoms with Gasteiger partial charge in [-0.05, 0) is 32.5 Å². The van der Waals surface area contributed by atoms with Gasteiger partial charge in [-0.3, -0.25) is 15.0 Å². The minimum absolute atomic E-state index is 0.0558. The lowest BCUT2D eigenvalue weighted by Crippen LogP contribution is -2.50. The van der Waals surface area contributed by atoms with Crippen molar-refractivity contribution in [3.05, 3.63) is 39.9 Å². The molecule has 0 radical (unpaired) electrons. The molecule has 1 fully saturated rings. The largest absolute Gasteiger partial charge is 0.437 e. The Morgan fingerprint density at radius 1 is 0.968 bits per heavy atom. The van der Waals surface area contributed by atoms with Crippen LogP contribution in [-0.4, -0.2) is 108 Å². The van der Waals surface area contributed by atoms with Crippen molar-refractivity contribution in [2.75, 3.05) is 45.8 Å². The van der Waals surface area contributed by atoms with Crippen LogP contribution in [-0.2, 0) is 6.42 Å². The van der Waals surface area contributed by atoms with E-state index >= 15 is 0 Å². The lowest BCUT2D eigenvalue weighted by molar-refractivity contribution is -0.384. The highest BCUT2D eigenvalue weighted by Gasteiger charge is 2.25. The molecule has 1 atom stereocenters. The summed E-state index contributed by atoms with van der Waals surface area (Å²) >= 11 is 0. The minimum Gasteiger partial charge on any atom is -0.437 e. The van der Waals surface area contributed by atoms with Crippen LogP contribution in [0.5, 0.6) is 0 Å². The predicted molar refractivity (Wildman–Crippen MR) is 125 cm³/mol. The minimum atomic E-state index is -0.691. The van der Waals surface area contributed by atoms with Crippen LogP contribution in [0.25, 0.3) is 0 Å². The molecule has 13 heteroatoms. The predicted octanol–water partition coefficient (Wildman–Crippen LogP) is -0.654. The van der Waals surface area contributed by atoms with Crippen molar-refractivity contribution in [1.82, 2.24) is 19.7 Å². The molecule has 4 N–H and O–H groups in total. The van der Waals surface area contributed by atoms with Gasteiger partial charge in [0.25, 0.3) is 5.69 Å². The van der Waals surface area contributed by atoms with Crippen molar-refractivity contribution < 1.29 is 20.0 Å². The number of non-ortho nitro benzene ring substituents is 1. The highest BCUT2D eigenvalue weighted by Crippen LogP contribution is 2.14. The smallest absolute Gasteiger partial charge is 0.376 e. The molecule has 0 spiro atoms. The van der Waals surface area contributed by atoms with Crippen molar-refractivity contribution in [3.8, 4) is 0 Å². The van der Waals surface area contributed by atoms with E-state index in [4.69, 9.17) is 0 Å². The van der Waals surface area contributed by atoms with Gasteiger partial charge < -0.3 is 29.9 Å². The summed E-state index contributed by atoms with van der Waals surface area (Å²) in [5, 5.41) is 44.2. The van der Waals surface area contributed by atoms with Crippen molar-refractivity contribution in [3.63, 3.8) is 0 Å². The van der Waals surface area contributed by atoms with Gasteiger partial charge in [-0.15, -0.1) is 0 Å². The molecule has 1 unspecified atom stereocenters. The second kappa shape index (κ2) is 12.5. The number of benzene rings is 1. The summed E-state index contributed by atoms with van der Waals surface area (Å²) in [7, 11) is -1.83. The molecule has 1 aliphatic rings. The molecule has 1 aromatic rings. The average molecular weight is 433 g/mol. The van der Waals surface area contributed by atoms with Crippen LogP contribution in [0, 0.1) is 10.1 Å². The number of hydrogen-bond donors (Lipinski definition) is 4. The van der Waals surface area contributed by atoms with Crippen molar-refractivity contribution in [2.24, 2.45) is 0 Å². The zero-order valence-electron chi connectivity index (χ0n) is 18.7. The van der Waals surface area contributed by atoms with E-state index in [-0.39, 0.29) is 11.7 Å². The number of nitro benzene ring substituents is 1. The maximum Gasteiger partial charge on any atom is 0.376 e. The first-order chi connectivity index (χ1) is 14.7. The van der Waals surface area contributed by atoms with Gasteiger partial charge in [-0.25, -0.2) is 0 Å². The highest BCUT2D eigenvalue weighted by molar-refractivity contribution is 6.46. The average Bonchev–Trinajstić information content (AvgIpc) is 2.78. The fourth-order valence-electron chi connectivity index (χ4n) is 3.93. The van der Waals surface area contributed by atoms with Crippen LogP contribution in [0.4, 0.5) is 5.69 Å². The zero-order valence-corrected chi connectivity index (χ0v) is 18.7. The molecule has 1 saturated heterocycles. The topological polar surface area (TPSA) is 126 Å². The fraction of sp³-hybridized carbons (Fsp3) is 0.667. The molecule has 10 nitrogen and oxygen atoms in total. The summed E-state index contributed by atoms with van der Waals surface area (Å²) in [5.41, 5.74) is 1.00. The van der Waals surface area contributed by atoms with Crippen molar-refractivity contribution in [1.29, 1.82) is 0 Å². The van der Waals surface area contributed by atoms with E-state index in [1.807, 2.05) is 9.62 Å². The Balaban J connectivity index is 2.09. The molecule has 1 aliphatic heterocycles. The third kappa shape index (κ3) is 8.89. The van der Waals surface area contributed by atoms with Crippen LogP contribution in [0.15, 0.2) is 24.3 Å².